The van der Waals surface area contributed by atoms with E-state index >= 15 is 0 Å². The molecule has 0 bridgehead atoms. The Hall–Kier alpha value is -2.99. The summed E-state index contributed by atoms with van der Waals surface area (Å²) in [6.07, 6.45) is 4.52. The molecule has 0 aliphatic carbocycles. The van der Waals surface area contributed by atoms with Crippen LogP contribution < -0.4 is 0 Å². The average molecular weight is 340 g/mol. The molecule has 1 unspecified atom stereocenters. The number of hydrogen-bond acceptors (Lipinski definition) is 4. The summed E-state index contributed by atoms with van der Waals surface area (Å²) in [6, 6.07) is 9.53. The smallest absolute Gasteiger partial charge is 0.410 e. The van der Waals surface area contributed by atoms with Crippen molar-refractivity contribution in [1.29, 1.82) is 0 Å². The first-order chi connectivity index (χ1) is 12.1. The molecule has 8 heteroatoms. The van der Waals surface area contributed by atoms with Crippen LogP contribution in [-0.2, 0) is 23.9 Å². The Labute approximate surface area is 145 Å². The van der Waals surface area contributed by atoms with Gasteiger partial charge in [-0.25, -0.2) is 4.79 Å². The minimum atomic E-state index is -0.799. The zero-order valence-electron chi connectivity index (χ0n) is 14.1. The van der Waals surface area contributed by atoms with Gasteiger partial charge in [-0.3, -0.25) is 4.68 Å². The first-order valence-corrected chi connectivity index (χ1v) is 8.14. The Bertz CT molecular complexity index is 783. The summed E-state index contributed by atoms with van der Waals surface area (Å²) < 4.78 is 7.07. The molecule has 130 valence electrons. The van der Waals surface area contributed by atoms with Gasteiger partial charge in [0.25, 0.3) is 0 Å². The van der Waals surface area contributed by atoms with Crippen molar-refractivity contribution in [1.82, 2.24) is 14.7 Å². The number of piperidine rings is 1. The van der Waals surface area contributed by atoms with Crippen LogP contribution in [0.4, 0.5) is 4.79 Å². The Kier molecular flexibility index (Phi) is 4.90. The SMILES string of the molecule is Cn1cc(C2(N=[N+]=[N-])CCCN(C(=O)OCc3ccccc3)C2)cn1. The molecule has 0 N–H and O–H groups in total. The second-order valence-corrected chi connectivity index (χ2v) is 6.19. The Morgan fingerprint density at radius 1 is 1.44 bits per heavy atom. The third-order valence-corrected chi connectivity index (χ3v) is 4.41. The molecule has 0 spiro atoms. The third-order valence-electron chi connectivity index (χ3n) is 4.41. The van der Waals surface area contributed by atoms with Crippen LogP contribution in [0.2, 0.25) is 0 Å². The number of amides is 1. The minimum absolute atomic E-state index is 0.220. The van der Waals surface area contributed by atoms with Crippen molar-refractivity contribution in [3.63, 3.8) is 0 Å². The molecule has 0 saturated carbocycles. The van der Waals surface area contributed by atoms with E-state index in [1.807, 2.05) is 43.6 Å². The summed E-state index contributed by atoms with van der Waals surface area (Å²) in [5.41, 5.74) is 9.97. The summed E-state index contributed by atoms with van der Waals surface area (Å²) >= 11 is 0. The van der Waals surface area contributed by atoms with E-state index < -0.39 is 11.6 Å². The number of rotatable bonds is 4. The normalized spacial score (nSPS) is 20.0. The number of hydrogen-bond donors (Lipinski definition) is 0. The molecule has 3 rings (SSSR count). The zero-order chi connectivity index (χ0) is 17.7. The average Bonchev–Trinajstić information content (AvgIpc) is 3.08. The van der Waals surface area contributed by atoms with E-state index in [2.05, 4.69) is 15.1 Å². The first kappa shape index (κ1) is 16.9. The van der Waals surface area contributed by atoms with Gasteiger partial charge in [0.2, 0.25) is 0 Å². The first-order valence-electron chi connectivity index (χ1n) is 8.14. The molecular formula is C17H20N6O2. The number of ether oxygens (including phenoxy) is 1. The molecular weight excluding hydrogens is 320 g/mol. The molecule has 2 heterocycles. The Morgan fingerprint density at radius 3 is 2.92 bits per heavy atom. The molecule has 1 aromatic heterocycles. The molecule has 2 aromatic rings. The molecule has 1 atom stereocenters. The van der Waals surface area contributed by atoms with E-state index in [-0.39, 0.29) is 13.2 Å². The maximum atomic E-state index is 12.4. The van der Waals surface area contributed by atoms with E-state index in [0.29, 0.717) is 13.0 Å². The van der Waals surface area contributed by atoms with Gasteiger partial charge in [-0.05, 0) is 23.9 Å². The van der Waals surface area contributed by atoms with Crippen molar-refractivity contribution in [3.8, 4) is 0 Å². The van der Waals surface area contributed by atoms with Crippen LogP contribution in [-0.4, -0.2) is 33.9 Å². The molecule has 1 saturated heterocycles. The number of benzene rings is 1. The molecule has 1 aliphatic rings. The van der Waals surface area contributed by atoms with Crippen molar-refractivity contribution >= 4 is 6.09 Å². The Balaban J connectivity index is 1.72. The predicted molar refractivity (Wildman–Crippen MR) is 91.5 cm³/mol. The lowest BCUT2D eigenvalue weighted by Gasteiger charge is -2.38. The molecule has 1 aliphatic heterocycles. The highest BCUT2D eigenvalue weighted by Gasteiger charge is 2.39. The summed E-state index contributed by atoms with van der Waals surface area (Å²) in [5, 5.41) is 8.19. The van der Waals surface area contributed by atoms with Crippen LogP contribution in [0.5, 0.6) is 0 Å². The number of aromatic nitrogens is 2. The topological polar surface area (TPSA) is 96.1 Å². The zero-order valence-corrected chi connectivity index (χ0v) is 14.1. The van der Waals surface area contributed by atoms with Crippen molar-refractivity contribution in [2.45, 2.75) is 25.0 Å². The van der Waals surface area contributed by atoms with Gasteiger partial charge in [-0.15, -0.1) is 0 Å². The minimum Gasteiger partial charge on any atom is -0.445 e. The van der Waals surface area contributed by atoms with Gasteiger partial charge >= 0.3 is 6.09 Å². The second kappa shape index (κ2) is 7.27. The Morgan fingerprint density at radius 2 is 2.24 bits per heavy atom. The number of azide groups is 1. The summed E-state index contributed by atoms with van der Waals surface area (Å²) in [7, 11) is 1.81. The lowest BCUT2D eigenvalue weighted by atomic mass is 9.85. The van der Waals surface area contributed by atoms with Crippen LogP contribution in [0.15, 0.2) is 47.8 Å². The molecule has 8 nitrogen and oxygen atoms in total. The largest absolute Gasteiger partial charge is 0.445 e. The third kappa shape index (κ3) is 3.75. The maximum Gasteiger partial charge on any atom is 0.410 e. The molecule has 25 heavy (non-hydrogen) atoms. The fourth-order valence-electron chi connectivity index (χ4n) is 3.12. The van der Waals surface area contributed by atoms with Gasteiger partial charge in [-0.1, -0.05) is 35.4 Å². The van der Waals surface area contributed by atoms with Crippen LogP contribution in [0.25, 0.3) is 10.4 Å². The van der Waals surface area contributed by atoms with E-state index in [1.165, 1.54) is 0 Å². The molecule has 0 radical (unpaired) electrons. The van der Waals surface area contributed by atoms with Crippen LogP contribution >= 0.6 is 0 Å². The van der Waals surface area contributed by atoms with E-state index in [9.17, 15) is 4.79 Å². The lowest BCUT2D eigenvalue weighted by molar-refractivity contribution is 0.0729. The standard InChI is InChI=1S/C17H20N6O2/c1-22-11-15(10-19-22)17(20-21-18)8-5-9-23(13-17)16(24)25-12-14-6-3-2-4-7-14/h2-4,6-7,10-11H,5,8-9,12-13H2,1H3. The van der Waals surface area contributed by atoms with Gasteiger partial charge in [0, 0.05) is 36.8 Å². The number of carbonyl (C=O) groups is 1. The van der Waals surface area contributed by atoms with Gasteiger partial charge in [0.15, 0.2) is 0 Å². The quantitative estimate of drug-likeness (QED) is 0.485. The summed E-state index contributed by atoms with van der Waals surface area (Å²) in [6.45, 7) is 1.09. The van der Waals surface area contributed by atoms with Crippen molar-refractivity contribution < 1.29 is 9.53 Å². The highest BCUT2D eigenvalue weighted by Crippen LogP contribution is 2.35. The highest BCUT2D eigenvalue weighted by atomic mass is 16.6. The van der Waals surface area contributed by atoms with Gasteiger partial charge < -0.3 is 9.64 Å². The second-order valence-electron chi connectivity index (χ2n) is 6.19. The summed E-state index contributed by atoms with van der Waals surface area (Å²) in [4.78, 5) is 17.1. The lowest BCUT2D eigenvalue weighted by Crippen LogP contribution is -2.47. The van der Waals surface area contributed by atoms with Crippen LogP contribution in [0.1, 0.15) is 24.0 Å². The number of carbonyl (C=O) groups excluding carboxylic acids is 1. The number of likely N-dealkylation sites (tertiary alicyclic amines) is 1. The summed E-state index contributed by atoms with van der Waals surface area (Å²) in [5.74, 6) is 0. The van der Waals surface area contributed by atoms with Crippen LogP contribution in [0.3, 0.4) is 0 Å². The monoisotopic (exact) mass is 340 g/mol. The van der Waals surface area contributed by atoms with E-state index in [0.717, 1.165) is 17.5 Å². The fourth-order valence-corrected chi connectivity index (χ4v) is 3.12. The van der Waals surface area contributed by atoms with E-state index in [4.69, 9.17) is 10.3 Å². The van der Waals surface area contributed by atoms with Crippen molar-refractivity contribution in [2.75, 3.05) is 13.1 Å². The van der Waals surface area contributed by atoms with Crippen molar-refractivity contribution in [3.05, 3.63) is 64.3 Å². The number of aryl methyl sites for hydroxylation is 1. The molecule has 1 aromatic carbocycles. The molecule has 1 fully saturated rings. The fraction of sp³-hybridized carbons (Fsp3) is 0.412. The predicted octanol–water partition coefficient (Wildman–Crippen LogP) is 3.36. The number of nitrogens with zero attached hydrogens (tertiary/aromatic N) is 6. The molecule has 1 amide bonds. The van der Waals surface area contributed by atoms with Gasteiger partial charge in [-0.2, -0.15) is 5.10 Å². The van der Waals surface area contributed by atoms with Gasteiger partial charge in [0.1, 0.15) is 6.61 Å². The van der Waals surface area contributed by atoms with Crippen molar-refractivity contribution in [2.24, 2.45) is 12.2 Å². The van der Waals surface area contributed by atoms with Gasteiger partial charge in [0.05, 0.1) is 11.7 Å². The van der Waals surface area contributed by atoms with E-state index in [1.54, 1.807) is 15.8 Å². The highest BCUT2D eigenvalue weighted by molar-refractivity contribution is 5.68. The van der Waals surface area contributed by atoms with Crippen LogP contribution in [0, 0.1) is 0 Å². The maximum absolute atomic E-state index is 12.4.